The van der Waals surface area contributed by atoms with Crippen molar-refractivity contribution in [3.8, 4) is 0 Å². The molecule has 2 aliphatic heterocycles. The minimum Gasteiger partial charge on any atom is -0.344 e. The molecule has 8 heteroatoms. The summed E-state index contributed by atoms with van der Waals surface area (Å²) in [5.74, 6) is 1.51. The molecule has 23 heavy (non-hydrogen) atoms. The van der Waals surface area contributed by atoms with Crippen molar-refractivity contribution < 1.29 is 9.32 Å². The zero-order valence-corrected chi connectivity index (χ0v) is 14.2. The third-order valence-corrected chi connectivity index (χ3v) is 4.71. The van der Waals surface area contributed by atoms with Gasteiger partial charge in [-0.15, -0.1) is 0 Å². The molecule has 1 atom stereocenters. The zero-order chi connectivity index (χ0) is 16.4. The Bertz CT molecular complexity index is 538. The van der Waals surface area contributed by atoms with Gasteiger partial charge in [0.25, 0.3) is 5.95 Å². The van der Waals surface area contributed by atoms with Gasteiger partial charge in [-0.05, 0) is 31.6 Å². The number of hydrogen-bond acceptors (Lipinski definition) is 7. The Kier molecular flexibility index (Phi) is 4.82. The van der Waals surface area contributed by atoms with E-state index in [1.54, 1.807) is 0 Å². The van der Waals surface area contributed by atoms with Gasteiger partial charge in [-0.3, -0.25) is 14.6 Å². The van der Waals surface area contributed by atoms with Gasteiger partial charge in [-0.2, -0.15) is 4.98 Å². The van der Waals surface area contributed by atoms with E-state index >= 15 is 0 Å². The molecule has 0 aromatic carbocycles. The van der Waals surface area contributed by atoms with Crippen molar-refractivity contribution in [1.82, 2.24) is 24.8 Å². The first-order valence-electron chi connectivity index (χ1n) is 8.26. The quantitative estimate of drug-likeness (QED) is 0.765. The lowest BCUT2D eigenvalue weighted by Gasteiger charge is -2.36. The van der Waals surface area contributed by atoms with Gasteiger partial charge in [-0.25, -0.2) is 0 Å². The molecule has 128 valence electrons. The van der Waals surface area contributed by atoms with Crippen molar-refractivity contribution in [2.75, 3.05) is 58.8 Å². The van der Waals surface area contributed by atoms with Crippen molar-refractivity contribution in [3.63, 3.8) is 0 Å². The first kappa shape index (κ1) is 16.2. The summed E-state index contributed by atoms with van der Waals surface area (Å²) in [6, 6.07) is 0.0835. The Balaban J connectivity index is 1.49. The SMILES string of the molecule is CN(C)c1noc(CN2CCN(C(=O)C3CCCN3C)CC2)n1. The summed E-state index contributed by atoms with van der Waals surface area (Å²) < 4.78 is 5.27. The van der Waals surface area contributed by atoms with E-state index in [4.69, 9.17) is 4.52 Å². The maximum absolute atomic E-state index is 12.6. The van der Waals surface area contributed by atoms with Gasteiger partial charge in [0.1, 0.15) is 0 Å². The molecule has 0 spiro atoms. The van der Waals surface area contributed by atoms with Gasteiger partial charge < -0.3 is 14.3 Å². The number of carbonyl (C=O) groups excluding carboxylic acids is 1. The first-order valence-corrected chi connectivity index (χ1v) is 8.26. The third-order valence-electron chi connectivity index (χ3n) is 4.71. The van der Waals surface area contributed by atoms with E-state index in [-0.39, 0.29) is 11.9 Å². The molecule has 3 heterocycles. The molecule has 0 saturated carbocycles. The second kappa shape index (κ2) is 6.84. The lowest BCUT2D eigenvalue weighted by Crippen LogP contribution is -2.52. The van der Waals surface area contributed by atoms with Crippen LogP contribution in [0.1, 0.15) is 18.7 Å². The molecule has 1 unspecified atom stereocenters. The Hall–Kier alpha value is -1.67. The summed E-state index contributed by atoms with van der Waals surface area (Å²) in [5, 5.41) is 3.93. The van der Waals surface area contributed by atoms with Crippen LogP contribution in [0, 0.1) is 0 Å². The van der Waals surface area contributed by atoms with E-state index in [0.29, 0.717) is 18.4 Å². The lowest BCUT2D eigenvalue weighted by atomic mass is 10.1. The zero-order valence-electron chi connectivity index (χ0n) is 14.2. The lowest BCUT2D eigenvalue weighted by molar-refractivity contribution is -0.137. The van der Waals surface area contributed by atoms with E-state index in [2.05, 4.69) is 19.9 Å². The topological polar surface area (TPSA) is 69.0 Å². The van der Waals surface area contributed by atoms with Gasteiger partial charge in [-0.1, -0.05) is 0 Å². The fourth-order valence-corrected chi connectivity index (χ4v) is 3.24. The Labute approximate surface area is 137 Å². The highest BCUT2D eigenvalue weighted by Gasteiger charge is 2.32. The Morgan fingerprint density at radius 1 is 1.26 bits per heavy atom. The van der Waals surface area contributed by atoms with E-state index in [1.807, 2.05) is 30.9 Å². The monoisotopic (exact) mass is 322 g/mol. The highest BCUT2D eigenvalue weighted by Crippen LogP contribution is 2.18. The van der Waals surface area contributed by atoms with Gasteiger partial charge >= 0.3 is 0 Å². The van der Waals surface area contributed by atoms with Crippen molar-refractivity contribution in [1.29, 1.82) is 0 Å². The maximum atomic E-state index is 12.6. The first-order chi connectivity index (χ1) is 11.0. The molecule has 0 N–H and O–H groups in total. The maximum Gasteiger partial charge on any atom is 0.265 e. The summed E-state index contributed by atoms with van der Waals surface area (Å²) >= 11 is 0. The molecule has 3 rings (SSSR count). The van der Waals surface area contributed by atoms with Crippen LogP contribution in [0.25, 0.3) is 0 Å². The average molecular weight is 322 g/mol. The summed E-state index contributed by atoms with van der Waals surface area (Å²) in [5.41, 5.74) is 0. The minimum atomic E-state index is 0.0835. The number of carbonyl (C=O) groups is 1. The predicted octanol–water partition coefficient (Wildman–Crippen LogP) is -0.126. The van der Waals surface area contributed by atoms with E-state index < -0.39 is 0 Å². The number of nitrogens with zero attached hydrogens (tertiary/aromatic N) is 6. The number of amides is 1. The second-order valence-electron chi connectivity index (χ2n) is 6.62. The highest BCUT2D eigenvalue weighted by atomic mass is 16.5. The van der Waals surface area contributed by atoms with Crippen LogP contribution in [-0.4, -0.2) is 90.7 Å². The molecule has 0 radical (unpaired) electrons. The summed E-state index contributed by atoms with van der Waals surface area (Å²) in [7, 11) is 5.82. The minimum absolute atomic E-state index is 0.0835. The second-order valence-corrected chi connectivity index (χ2v) is 6.62. The average Bonchev–Trinajstić information content (AvgIpc) is 3.16. The molecule has 2 saturated heterocycles. The molecule has 1 aromatic heterocycles. The van der Waals surface area contributed by atoms with Crippen LogP contribution in [-0.2, 0) is 11.3 Å². The number of piperazine rings is 1. The van der Waals surface area contributed by atoms with E-state index in [1.165, 1.54) is 0 Å². The number of hydrogen-bond donors (Lipinski definition) is 0. The molecule has 0 bridgehead atoms. The van der Waals surface area contributed by atoms with Gasteiger partial charge in [0, 0.05) is 40.3 Å². The highest BCUT2D eigenvalue weighted by molar-refractivity contribution is 5.82. The molecule has 0 aliphatic carbocycles. The number of likely N-dealkylation sites (tertiary alicyclic amines) is 1. The molecule has 1 aromatic rings. The van der Waals surface area contributed by atoms with Crippen molar-refractivity contribution in [2.45, 2.75) is 25.4 Å². The smallest absolute Gasteiger partial charge is 0.265 e. The fraction of sp³-hybridized carbons (Fsp3) is 0.800. The van der Waals surface area contributed by atoms with Crippen molar-refractivity contribution >= 4 is 11.9 Å². The number of aromatic nitrogens is 2. The van der Waals surface area contributed by atoms with Gasteiger partial charge in [0.15, 0.2) is 0 Å². The van der Waals surface area contributed by atoms with Crippen LogP contribution in [0.2, 0.25) is 0 Å². The van der Waals surface area contributed by atoms with Crippen LogP contribution in [0.15, 0.2) is 4.52 Å². The third kappa shape index (κ3) is 3.64. The van der Waals surface area contributed by atoms with Gasteiger partial charge in [0.2, 0.25) is 11.8 Å². The molecule has 2 fully saturated rings. The van der Waals surface area contributed by atoms with Crippen molar-refractivity contribution in [2.24, 2.45) is 0 Å². The van der Waals surface area contributed by atoms with Gasteiger partial charge in [0.05, 0.1) is 12.6 Å². The summed E-state index contributed by atoms with van der Waals surface area (Å²) in [6.45, 7) is 4.92. The molecule has 1 amide bonds. The number of anilines is 1. The Morgan fingerprint density at radius 2 is 2.00 bits per heavy atom. The van der Waals surface area contributed by atoms with E-state index in [9.17, 15) is 4.79 Å². The summed E-state index contributed by atoms with van der Waals surface area (Å²) in [4.78, 5) is 25.2. The van der Waals surface area contributed by atoms with Crippen LogP contribution < -0.4 is 4.90 Å². The standard InChI is InChI=1S/C15H26N6O2/c1-18(2)15-16-13(23-17-15)11-20-7-9-21(10-8-20)14(22)12-5-4-6-19(12)3/h12H,4-11H2,1-3H3. The Morgan fingerprint density at radius 3 is 2.57 bits per heavy atom. The van der Waals surface area contributed by atoms with Crippen LogP contribution >= 0.6 is 0 Å². The summed E-state index contributed by atoms with van der Waals surface area (Å²) in [6.07, 6.45) is 2.11. The fourth-order valence-electron chi connectivity index (χ4n) is 3.24. The largest absolute Gasteiger partial charge is 0.344 e. The molecular formula is C15H26N6O2. The van der Waals surface area contributed by atoms with E-state index in [0.717, 1.165) is 45.6 Å². The van der Waals surface area contributed by atoms with Crippen molar-refractivity contribution in [3.05, 3.63) is 5.89 Å². The predicted molar refractivity (Wildman–Crippen MR) is 86.1 cm³/mol. The number of likely N-dealkylation sites (N-methyl/N-ethyl adjacent to an activating group) is 1. The van der Waals surface area contributed by atoms with Crippen LogP contribution in [0.5, 0.6) is 0 Å². The molecular weight excluding hydrogens is 296 g/mol. The van der Waals surface area contributed by atoms with Crippen LogP contribution in [0.4, 0.5) is 5.95 Å². The molecule has 2 aliphatic rings. The number of rotatable bonds is 4. The van der Waals surface area contributed by atoms with Crippen LogP contribution in [0.3, 0.4) is 0 Å². The molecule has 8 nitrogen and oxygen atoms in total. The normalized spacial score (nSPS) is 23.4.